The number of primary sulfonamides is 1. The highest BCUT2D eigenvalue weighted by Crippen LogP contribution is 2.26. The molecular formula is C16H15N3O2S. The maximum Gasteiger partial charge on any atom is 0.240 e. The van der Waals surface area contributed by atoms with Crippen LogP contribution in [0.3, 0.4) is 0 Å². The molecular weight excluding hydrogens is 298 g/mol. The third kappa shape index (κ3) is 2.66. The molecule has 6 heteroatoms. The van der Waals surface area contributed by atoms with Crippen LogP contribution in [0.4, 0.5) is 0 Å². The van der Waals surface area contributed by atoms with Gasteiger partial charge < -0.3 is 0 Å². The van der Waals surface area contributed by atoms with Gasteiger partial charge in [-0.2, -0.15) is 5.10 Å². The van der Waals surface area contributed by atoms with Crippen LogP contribution < -0.4 is 5.14 Å². The predicted octanol–water partition coefficient (Wildman–Crippen LogP) is 2.50. The highest BCUT2D eigenvalue weighted by Gasteiger charge is 2.18. The van der Waals surface area contributed by atoms with E-state index in [0.29, 0.717) is 5.69 Å². The van der Waals surface area contributed by atoms with Crippen molar-refractivity contribution in [1.29, 1.82) is 0 Å². The zero-order valence-electron chi connectivity index (χ0n) is 12.0. The van der Waals surface area contributed by atoms with Gasteiger partial charge in [0.2, 0.25) is 10.0 Å². The van der Waals surface area contributed by atoms with Gasteiger partial charge >= 0.3 is 0 Å². The molecule has 0 fully saturated rings. The van der Waals surface area contributed by atoms with Gasteiger partial charge in [0.25, 0.3) is 0 Å². The average molecular weight is 313 g/mol. The van der Waals surface area contributed by atoms with Gasteiger partial charge in [-0.25, -0.2) is 18.2 Å². The summed E-state index contributed by atoms with van der Waals surface area (Å²) in [5.74, 6) is 0. The van der Waals surface area contributed by atoms with Crippen molar-refractivity contribution in [2.75, 3.05) is 0 Å². The largest absolute Gasteiger partial charge is 0.240 e. The molecule has 0 unspecified atom stereocenters. The summed E-state index contributed by atoms with van der Waals surface area (Å²) in [5.41, 5.74) is 3.00. The fourth-order valence-electron chi connectivity index (χ4n) is 2.37. The standard InChI is InChI=1S/C16H15N3O2S/c1-12-11-15(13-7-3-2-4-8-13)19(18-12)14-9-5-6-10-16(14)22(17,20)21/h2-11H,1H3,(H2,17,20,21). The molecule has 0 amide bonds. The lowest BCUT2D eigenvalue weighted by Crippen LogP contribution is -2.16. The van der Waals surface area contributed by atoms with E-state index in [0.717, 1.165) is 17.0 Å². The number of hydrogen-bond acceptors (Lipinski definition) is 3. The number of aromatic nitrogens is 2. The molecule has 112 valence electrons. The summed E-state index contributed by atoms with van der Waals surface area (Å²) in [5, 5.41) is 9.75. The van der Waals surface area contributed by atoms with E-state index in [9.17, 15) is 8.42 Å². The number of aryl methyl sites for hydroxylation is 1. The Morgan fingerprint density at radius 3 is 2.32 bits per heavy atom. The second-order valence-corrected chi connectivity index (χ2v) is 6.49. The van der Waals surface area contributed by atoms with Crippen molar-refractivity contribution in [1.82, 2.24) is 9.78 Å². The summed E-state index contributed by atoms with van der Waals surface area (Å²) in [7, 11) is -3.83. The first-order chi connectivity index (χ1) is 10.5. The summed E-state index contributed by atoms with van der Waals surface area (Å²) in [4.78, 5) is 0.0512. The van der Waals surface area contributed by atoms with Crippen LogP contribution in [0, 0.1) is 6.92 Å². The number of nitrogens with two attached hydrogens (primary N) is 1. The molecule has 0 saturated carbocycles. The van der Waals surface area contributed by atoms with E-state index in [1.54, 1.807) is 22.9 Å². The van der Waals surface area contributed by atoms with Crippen LogP contribution in [0.2, 0.25) is 0 Å². The molecule has 1 aromatic heterocycles. The minimum atomic E-state index is -3.83. The maximum atomic E-state index is 11.8. The first-order valence-electron chi connectivity index (χ1n) is 6.71. The second-order valence-electron chi connectivity index (χ2n) is 4.96. The zero-order valence-corrected chi connectivity index (χ0v) is 12.8. The number of nitrogens with zero attached hydrogens (tertiary/aromatic N) is 2. The quantitative estimate of drug-likeness (QED) is 0.807. The molecule has 0 bridgehead atoms. The van der Waals surface area contributed by atoms with E-state index >= 15 is 0 Å². The molecule has 2 aromatic carbocycles. The number of hydrogen-bond donors (Lipinski definition) is 1. The SMILES string of the molecule is Cc1cc(-c2ccccc2)n(-c2ccccc2S(N)(=O)=O)n1. The summed E-state index contributed by atoms with van der Waals surface area (Å²) in [6.45, 7) is 1.86. The molecule has 0 atom stereocenters. The van der Waals surface area contributed by atoms with Crippen molar-refractivity contribution in [2.24, 2.45) is 5.14 Å². The predicted molar refractivity (Wildman–Crippen MR) is 85.1 cm³/mol. The molecule has 2 N–H and O–H groups in total. The molecule has 1 heterocycles. The van der Waals surface area contributed by atoms with Crippen molar-refractivity contribution >= 4 is 10.0 Å². The lowest BCUT2D eigenvalue weighted by Gasteiger charge is -2.11. The van der Waals surface area contributed by atoms with E-state index in [-0.39, 0.29) is 4.90 Å². The van der Waals surface area contributed by atoms with E-state index in [1.165, 1.54) is 6.07 Å². The Balaban J connectivity index is 2.28. The van der Waals surface area contributed by atoms with Crippen molar-refractivity contribution in [3.8, 4) is 16.9 Å². The van der Waals surface area contributed by atoms with E-state index in [4.69, 9.17) is 5.14 Å². The van der Waals surface area contributed by atoms with Crippen molar-refractivity contribution < 1.29 is 8.42 Å². The van der Waals surface area contributed by atoms with Gasteiger partial charge in [0.15, 0.2) is 0 Å². The fourth-order valence-corrected chi connectivity index (χ4v) is 3.08. The number of sulfonamides is 1. The molecule has 0 aliphatic heterocycles. The van der Waals surface area contributed by atoms with Crippen molar-refractivity contribution in [3.63, 3.8) is 0 Å². The van der Waals surface area contributed by atoms with Gasteiger partial charge in [0, 0.05) is 5.56 Å². The van der Waals surface area contributed by atoms with Crippen LogP contribution in [-0.4, -0.2) is 18.2 Å². The highest BCUT2D eigenvalue weighted by atomic mass is 32.2. The van der Waals surface area contributed by atoms with Crippen LogP contribution in [0.1, 0.15) is 5.69 Å². The van der Waals surface area contributed by atoms with Gasteiger partial charge in [-0.05, 0) is 25.1 Å². The van der Waals surface area contributed by atoms with Crippen molar-refractivity contribution in [2.45, 2.75) is 11.8 Å². The minimum Gasteiger partial charge on any atom is -0.231 e. The third-order valence-corrected chi connectivity index (χ3v) is 4.26. The maximum absolute atomic E-state index is 11.8. The molecule has 0 aliphatic carbocycles. The molecule has 22 heavy (non-hydrogen) atoms. The van der Waals surface area contributed by atoms with E-state index in [1.807, 2.05) is 43.3 Å². The topological polar surface area (TPSA) is 78.0 Å². The number of benzene rings is 2. The van der Waals surface area contributed by atoms with Crippen LogP contribution in [0.5, 0.6) is 0 Å². The molecule has 0 radical (unpaired) electrons. The Bertz CT molecular complexity index is 916. The van der Waals surface area contributed by atoms with Crippen molar-refractivity contribution in [3.05, 3.63) is 66.4 Å². The first-order valence-corrected chi connectivity index (χ1v) is 8.26. The summed E-state index contributed by atoms with van der Waals surface area (Å²) < 4.78 is 25.3. The highest BCUT2D eigenvalue weighted by molar-refractivity contribution is 7.89. The molecule has 3 aromatic rings. The van der Waals surface area contributed by atoms with Gasteiger partial charge in [-0.3, -0.25) is 0 Å². The molecule has 3 rings (SSSR count). The van der Waals surface area contributed by atoms with Crippen LogP contribution in [-0.2, 0) is 10.0 Å². The number of rotatable bonds is 3. The van der Waals surface area contributed by atoms with Crippen LogP contribution >= 0.6 is 0 Å². The molecule has 0 aliphatic rings. The minimum absolute atomic E-state index is 0.0512. The Morgan fingerprint density at radius 1 is 1.00 bits per heavy atom. The Labute approximate surface area is 129 Å². The fraction of sp³-hybridized carbons (Fsp3) is 0.0625. The Morgan fingerprint density at radius 2 is 1.64 bits per heavy atom. The number of para-hydroxylation sites is 1. The first kappa shape index (κ1) is 14.5. The summed E-state index contributed by atoms with van der Waals surface area (Å²) >= 11 is 0. The summed E-state index contributed by atoms with van der Waals surface area (Å²) in [6, 6.07) is 18.2. The lowest BCUT2D eigenvalue weighted by atomic mass is 10.1. The van der Waals surface area contributed by atoms with Gasteiger partial charge in [0.1, 0.15) is 4.90 Å². The lowest BCUT2D eigenvalue weighted by molar-refractivity contribution is 0.596. The van der Waals surface area contributed by atoms with E-state index < -0.39 is 10.0 Å². The monoisotopic (exact) mass is 313 g/mol. The smallest absolute Gasteiger partial charge is 0.231 e. The third-order valence-electron chi connectivity index (χ3n) is 3.30. The van der Waals surface area contributed by atoms with Gasteiger partial charge in [-0.1, -0.05) is 42.5 Å². The average Bonchev–Trinajstić information content (AvgIpc) is 2.89. The molecule has 0 spiro atoms. The molecule has 5 nitrogen and oxygen atoms in total. The normalized spacial score (nSPS) is 11.5. The van der Waals surface area contributed by atoms with E-state index in [2.05, 4.69) is 5.10 Å². The van der Waals surface area contributed by atoms with Crippen LogP contribution in [0.25, 0.3) is 16.9 Å². The Hall–Kier alpha value is -2.44. The second kappa shape index (κ2) is 5.40. The Kier molecular flexibility index (Phi) is 3.56. The van der Waals surface area contributed by atoms with Crippen LogP contribution in [0.15, 0.2) is 65.6 Å². The molecule has 0 saturated heterocycles. The van der Waals surface area contributed by atoms with Gasteiger partial charge in [-0.15, -0.1) is 0 Å². The van der Waals surface area contributed by atoms with Gasteiger partial charge in [0.05, 0.1) is 17.1 Å². The zero-order chi connectivity index (χ0) is 15.7. The summed E-state index contributed by atoms with van der Waals surface area (Å²) in [6.07, 6.45) is 0.